The van der Waals surface area contributed by atoms with Crippen molar-refractivity contribution >= 4 is 46.2 Å². The Morgan fingerprint density at radius 1 is 0.787 bits per heavy atom. The lowest BCUT2D eigenvalue weighted by atomic mass is 9.89. The summed E-state index contributed by atoms with van der Waals surface area (Å²) < 4.78 is 27.7. The number of carbonyl (C=O) groups is 4. The van der Waals surface area contributed by atoms with Crippen molar-refractivity contribution in [1.82, 2.24) is 39.8 Å². The molecule has 1 atom stereocenters. The summed E-state index contributed by atoms with van der Waals surface area (Å²) in [5, 5.41) is 8.04. The van der Waals surface area contributed by atoms with Gasteiger partial charge in [0, 0.05) is 69.0 Å². The van der Waals surface area contributed by atoms with Crippen molar-refractivity contribution in [2.24, 2.45) is 0 Å². The normalized spacial score (nSPS) is 22.7. The molecule has 1 saturated carbocycles. The first kappa shape index (κ1) is 38.7. The molecule has 314 valence electrons. The number of aromatic nitrogens is 4. The number of imide groups is 2. The third-order valence-electron chi connectivity index (χ3n) is 13.1. The number of nitrogens with one attached hydrogen (secondary N) is 1. The van der Waals surface area contributed by atoms with Crippen LogP contribution in [0.3, 0.4) is 0 Å². The fourth-order valence-corrected chi connectivity index (χ4v) is 9.68. The van der Waals surface area contributed by atoms with E-state index in [1.54, 1.807) is 36.4 Å². The first-order valence-corrected chi connectivity index (χ1v) is 20.8. The van der Waals surface area contributed by atoms with E-state index in [2.05, 4.69) is 30.0 Å². The number of amides is 4. The summed E-state index contributed by atoms with van der Waals surface area (Å²) in [6.45, 7) is 5.63. The summed E-state index contributed by atoms with van der Waals surface area (Å²) in [6.07, 6.45) is 5.72. The third kappa shape index (κ3) is 6.90. The van der Waals surface area contributed by atoms with Crippen molar-refractivity contribution < 1.29 is 33.0 Å². The number of carbonyl (C=O) groups excluding carboxylic acids is 4. The Balaban J connectivity index is 0.734. The second-order valence-electron chi connectivity index (χ2n) is 16.4. The summed E-state index contributed by atoms with van der Waals surface area (Å²) in [5.74, 6) is -1.54. The number of benzene rings is 3. The number of halogens is 1. The molecule has 0 spiro atoms. The Kier molecular flexibility index (Phi) is 9.86. The lowest BCUT2D eigenvalue weighted by molar-refractivity contribution is -0.136. The molecular weight excluding hydrogens is 784 g/mol. The smallest absolute Gasteiger partial charge is 0.262 e. The maximum Gasteiger partial charge on any atom is 0.262 e. The van der Waals surface area contributed by atoms with Crippen LogP contribution in [0.25, 0.3) is 22.3 Å². The molecule has 17 heteroatoms. The van der Waals surface area contributed by atoms with Crippen LogP contribution in [-0.2, 0) is 9.59 Å². The van der Waals surface area contributed by atoms with Crippen LogP contribution in [0.1, 0.15) is 65.3 Å². The van der Waals surface area contributed by atoms with Gasteiger partial charge in [0.15, 0.2) is 17.1 Å². The lowest BCUT2D eigenvalue weighted by Gasteiger charge is -2.50. The second kappa shape index (κ2) is 15.5. The van der Waals surface area contributed by atoms with Crippen molar-refractivity contribution in [3.8, 4) is 28.5 Å². The predicted molar refractivity (Wildman–Crippen MR) is 222 cm³/mol. The van der Waals surface area contributed by atoms with Crippen LogP contribution in [0.2, 0.25) is 0 Å². The Bertz CT molecular complexity index is 2560. The zero-order valence-corrected chi connectivity index (χ0v) is 33.6. The van der Waals surface area contributed by atoms with Gasteiger partial charge < -0.3 is 20.1 Å². The molecule has 4 aliphatic heterocycles. The highest BCUT2D eigenvalue weighted by Crippen LogP contribution is 2.39. The largest absolute Gasteiger partial charge is 0.494 e. The van der Waals surface area contributed by atoms with Gasteiger partial charge in [0.1, 0.15) is 29.6 Å². The number of piperazine rings is 1. The topological polar surface area (TPSA) is 181 Å². The molecule has 0 bridgehead atoms. The molecule has 3 saturated heterocycles. The van der Waals surface area contributed by atoms with E-state index in [-0.39, 0.29) is 30.4 Å². The zero-order chi connectivity index (χ0) is 41.9. The summed E-state index contributed by atoms with van der Waals surface area (Å²) in [6, 6.07) is 17.5. The molecule has 3 aromatic carbocycles. The molecule has 2 aromatic heterocycles. The molecular formula is C44H45FN10O6. The quantitative estimate of drug-likeness (QED) is 0.200. The lowest BCUT2D eigenvalue weighted by Crippen LogP contribution is -2.64. The van der Waals surface area contributed by atoms with Gasteiger partial charge in [-0.25, -0.2) is 14.6 Å². The maximum atomic E-state index is 14.7. The summed E-state index contributed by atoms with van der Waals surface area (Å²) in [5.41, 5.74) is 10.1. The van der Waals surface area contributed by atoms with Crippen LogP contribution in [0.4, 0.5) is 15.9 Å². The molecule has 5 aromatic rings. The van der Waals surface area contributed by atoms with Gasteiger partial charge in [-0.1, -0.05) is 6.07 Å². The van der Waals surface area contributed by atoms with Gasteiger partial charge in [0.2, 0.25) is 17.6 Å². The van der Waals surface area contributed by atoms with Gasteiger partial charge in [0.05, 0.1) is 29.7 Å². The van der Waals surface area contributed by atoms with Gasteiger partial charge in [-0.2, -0.15) is 9.49 Å². The molecule has 3 N–H and O–H groups in total. The SMILES string of the molecule is COc1cccc(Oc2ccc(-c3nn(C4CCC(N5CCN(C6CN(c7ccc8c(c7)C(=O)N(C7CCC(=O)NC7=O)C8=O)C6)CC5)CC4)c4ncnc(N)c34)cc2)c1F. The zero-order valence-electron chi connectivity index (χ0n) is 33.6. The Morgan fingerprint density at radius 2 is 1.48 bits per heavy atom. The molecule has 16 nitrogen and oxygen atoms in total. The standard InChI is InChI=1S/C44H45FN10O6/c1-60-34-3-2-4-35(38(34)45)61-30-12-5-25(6-13-30)39-37-40(46)47-24-48-41(37)55(50-39)27-9-7-26(8-10-27)51-17-19-52(20-18-51)29-22-53(23-29)28-11-14-31-32(21-28)44(59)54(43(31)58)33-15-16-36(56)49-42(33)57/h2-6,11-14,21,24,26-27,29,33H,7-10,15-20,22-23H2,1H3,(H2,46,47,48)(H,49,56,57). The van der Waals surface area contributed by atoms with E-state index in [1.807, 2.05) is 22.9 Å². The molecule has 1 aliphatic carbocycles. The third-order valence-corrected chi connectivity index (χ3v) is 13.1. The Hall–Kier alpha value is -6.46. The first-order chi connectivity index (χ1) is 29.6. The van der Waals surface area contributed by atoms with Crippen molar-refractivity contribution in [2.75, 3.05) is 57.0 Å². The summed E-state index contributed by atoms with van der Waals surface area (Å²) in [7, 11) is 1.41. The summed E-state index contributed by atoms with van der Waals surface area (Å²) >= 11 is 0. The van der Waals surface area contributed by atoms with Crippen molar-refractivity contribution in [3.05, 3.63) is 83.9 Å². The van der Waals surface area contributed by atoms with E-state index in [1.165, 1.54) is 19.5 Å². The number of nitrogen functional groups attached to an aromatic ring is 1. The maximum absolute atomic E-state index is 14.7. The van der Waals surface area contributed by atoms with Crippen LogP contribution < -0.4 is 25.4 Å². The highest BCUT2D eigenvalue weighted by Gasteiger charge is 2.45. The van der Waals surface area contributed by atoms with Gasteiger partial charge in [-0.3, -0.25) is 39.2 Å². The predicted octanol–water partition coefficient (Wildman–Crippen LogP) is 4.41. The number of methoxy groups -OCH3 is 1. The van der Waals surface area contributed by atoms with E-state index in [0.29, 0.717) is 51.5 Å². The van der Waals surface area contributed by atoms with E-state index in [4.69, 9.17) is 20.3 Å². The van der Waals surface area contributed by atoms with Crippen LogP contribution >= 0.6 is 0 Å². The van der Waals surface area contributed by atoms with E-state index in [0.717, 1.165) is 81.1 Å². The second-order valence-corrected chi connectivity index (χ2v) is 16.4. The first-order valence-electron chi connectivity index (χ1n) is 20.8. The molecule has 0 radical (unpaired) electrons. The van der Waals surface area contributed by atoms with E-state index < -0.39 is 35.5 Å². The van der Waals surface area contributed by atoms with Crippen molar-refractivity contribution in [1.29, 1.82) is 0 Å². The van der Waals surface area contributed by atoms with Crippen LogP contribution in [0.5, 0.6) is 17.2 Å². The molecule has 4 fully saturated rings. The van der Waals surface area contributed by atoms with Crippen LogP contribution in [0, 0.1) is 5.82 Å². The highest BCUT2D eigenvalue weighted by atomic mass is 19.1. The fourth-order valence-electron chi connectivity index (χ4n) is 9.68. The average molecular weight is 829 g/mol. The number of ether oxygens (including phenoxy) is 2. The van der Waals surface area contributed by atoms with Crippen LogP contribution in [-0.4, -0.2) is 123 Å². The molecule has 5 aliphatic rings. The minimum Gasteiger partial charge on any atom is -0.494 e. The number of hydrogen-bond acceptors (Lipinski definition) is 13. The number of fused-ring (bicyclic) bond motifs is 2. The Labute approximate surface area is 350 Å². The molecule has 6 heterocycles. The molecule has 61 heavy (non-hydrogen) atoms. The number of hydrogen-bond donors (Lipinski definition) is 2. The number of rotatable bonds is 9. The number of nitrogens with two attached hydrogens (primary N) is 1. The monoisotopic (exact) mass is 828 g/mol. The molecule has 1 unspecified atom stereocenters. The molecule has 4 amide bonds. The van der Waals surface area contributed by atoms with Crippen molar-refractivity contribution in [2.45, 2.75) is 62.7 Å². The highest BCUT2D eigenvalue weighted by molar-refractivity contribution is 6.23. The van der Waals surface area contributed by atoms with Crippen LogP contribution in [0.15, 0.2) is 67.0 Å². The van der Waals surface area contributed by atoms with Gasteiger partial charge >= 0.3 is 0 Å². The van der Waals surface area contributed by atoms with Gasteiger partial charge in [-0.05, 0) is 86.7 Å². The minimum atomic E-state index is -0.977. The van der Waals surface area contributed by atoms with Gasteiger partial charge in [0.25, 0.3) is 11.8 Å². The fraction of sp³-hybridized carbons (Fsp3) is 0.386. The summed E-state index contributed by atoms with van der Waals surface area (Å²) in [4.78, 5) is 68.0. The van der Waals surface area contributed by atoms with E-state index >= 15 is 0 Å². The molecule has 10 rings (SSSR count). The van der Waals surface area contributed by atoms with E-state index in [9.17, 15) is 23.6 Å². The van der Waals surface area contributed by atoms with Crippen molar-refractivity contribution in [3.63, 3.8) is 0 Å². The minimum absolute atomic E-state index is 0.0691. The number of nitrogens with zero attached hydrogens (tertiary/aromatic N) is 8. The number of anilines is 2. The average Bonchev–Trinajstić information content (AvgIpc) is 3.77. The van der Waals surface area contributed by atoms with Gasteiger partial charge in [-0.15, -0.1) is 0 Å². The number of piperidine rings is 1. The Morgan fingerprint density at radius 3 is 2.20 bits per heavy atom.